The van der Waals surface area contributed by atoms with E-state index in [2.05, 4.69) is 22.3 Å². The molecule has 0 atom stereocenters. The molecule has 2 fully saturated rings. The van der Waals surface area contributed by atoms with Crippen molar-refractivity contribution in [3.05, 3.63) is 24.3 Å². The number of hydrogen-bond donors (Lipinski definition) is 2. The normalized spacial score (nSPS) is 20.7. The summed E-state index contributed by atoms with van der Waals surface area (Å²) in [5.41, 5.74) is 8.07. The van der Waals surface area contributed by atoms with Crippen molar-refractivity contribution in [1.29, 1.82) is 0 Å². The van der Waals surface area contributed by atoms with E-state index in [0.717, 1.165) is 69.8 Å². The number of benzene rings is 1. The molecular formula is C18H28N4O. The fourth-order valence-electron chi connectivity index (χ4n) is 3.37. The highest BCUT2D eigenvalue weighted by Gasteiger charge is 2.19. The summed E-state index contributed by atoms with van der Waals surface area (Å²) in [6.07, 6.45) is 5.03. The van der Waals surface area contributed by atoms with Crippen LogP contribution in [0.4, 0.5) is 11.4 Å². The lowest BCUT2D eigenvalue weighted by atomic mass is 10.1. The molecule has 126 valence electrons. The van der Waals surface area contributed by atoms with Crippen LogP contribution < -0.4 is 16.0 Å². The summed E-state index contributed by atoms with van der Waals surface area (Å²) in [6, 6.07) is 8.63. The van der Waals surface area contributed by atoms with Gasteiger partial charge in [-0.25, -0.2) is 0 Å². The van der Waals surface area contributed by atoms with Crippen LogP contribution in [0.2, 0.25) is 0 Å². The molecule has 0 aromatic heterocycles. The minimum absolute atomic E-state index is 0.250. The summed E-state index contributed by atoms with van der Waals surface area (Å²) < 4.78 is 0. The maximum atomic E-state index is 11.9. The van der Waals surface area contributed by atoms with Crippen LogP contribution in [0.1, 0.15) is 32.1 Å². The molecule has 1 aromatic rings. The van der Waals surface area contributed by atoms with Crippen LogP contribution in [-0.4, -0.2) is 49.6 Å². The quantitative estimate of drug-likeness (QED) is 0.873. The van der Waals surface area contributed by atoms with E-state index in [0.29, 0.717) is 12.5 Å². The van der Waals surface area contributed by atoms with Crippen molar-refractivity contribution < 1.29 is 4.79 Å². The molecule has 0 unspecified atom stereocenters. The summed E-state index contributed by atoms with van der Waals surface area (Å²) in [5.74, 6) is 0.250. The van der Waals surface area contributed by atoms with E-state index in [1.165, 1.54) is 0 Å². The highest BCUT2D eigenvalue weighted by Crippen LogP contribution is 2.22. The molecule has 1 amide bonds. The summed E-state index contributed by atoms with van der Waals surface area (Å²) >= 11 is 0. The molecule has 3 N–H and O–H groups in total. The van der Waals surface area contributed by atoms with Gasteiger partial charge in [0.1, 0.15) is 0 Å². The minimum atomic E-state index is 0.250. The molecule has 2 aliphatic rings. The van der Waals surface area contributed by atoms with Crippen molar-refractivity contribution in [1.82, 2.24) is 4.90 Å². The van der Waals surface area contributed by atoms with E-state index in [-0.39, 0.29) is 5.91 Å². The molecule has 0 radical (unpaired) electrons. The van der Waals surface area contributed by atoms with Crippen molar-refractivity contribution in [2.75, 3.05) is 42.9 Å². The average molecular weight is 316 g/mol. The number of nitrogens with zero attached hydrogens (tertiary/aromatic N) is 2. The molecule has 2 saturated heterocycles. The Bertz CT molecular complexity index is 508. The zero-order valence-corrected chi connectivity index (χ0v) is 13.8. The van der Waals surface area contributed by atoms with Crippen LogP contribution in [0.25, 0.3) is 0 Å². The maximum absolute atomic E-state index is 11.9. The van der Waals surface area contributed by atoms with Gasteiger partial charge in [0, 0.05) is 43.5 Å². The number of carbonyl (C=O) groups excluding carboxylic acids is 1. The predicted molar refractivity (Wildman–Crippen MR) is 94.8 cm³/mol. The Morgan fingerprint density at radius 2 is 1.83 bits per heavy atom. The lowest BCUT2D eigenvalue weighted by Gasteiger charge is -2.30. The van der Waals surface area contributed by atoms with Crippen molar-refractivity contribution in [2.45, 2.75) is 38.1 Å². The van der Waals surface area contributed by atoms with Gasteiger partial charge in [0.25, 0.3) is 0 Å². The highest BCUT2D eigenvalue weighted by atomic mass is 16.2. The second kappa shape index (κ2) is 7.79. The molecule has 0 aliphatic carbocycles. The van der Waals surface area contributed by atoms with Crippen molar-refractivity contribution in [2.24, 2.45) is 5.73 Å². The Labute approximate surface area is 138 Å². The first-order chi connectivity index (χ1) is 11.2. The minimum Gasteiger partial charge on any atom is -0.384 e. The lowest BCUT2D eigenvalue weighted by Crippen LogP contribution is -2.41. The highest BCUT2D eigenvalue weighted by molar-refractivity contribution is 5.94. The van der Waals surface area contributed by atoms with Crippen LogP contribution in [-0.2, 0) is 4.79 Å². The first-order valence-electron chi connectivity index (χ1n) is 8.84. The van der Waals surface area contributed by atoms with Gasteiger partial charge >= 0.3 is 0 Å². The van der Waals surface area contributed by atoms with Crippen LogP contribution in [0.3, 0.4) is 0 Å². The third-order valence-electron chi connectivity index (χ3n) is 4.89. The number of hydrogen-bond acceptors (Lipinski definition) is 4. The van der Waals surface area contributed by atoms with E-state index < -0.39 is 0 Å². The van der Waals surface area contributed by atoms with Gasteiger partial charge in [0.15, 0.2) is 0 Å². The second-order valence-electron chi connectivity index (χ2n) is 6.66. The molecule has 5 heteroatoms. The number of anilines is 2. The Morgan fingerprint density at radius 1 is 1.09 bits per heavy atom. The number of amides is 1. The van der Waals surface area contributed by atoms with Crippen LogP contribution >= 0.6 is 0 Å². The largest absolute Gasteiger partial charge is 0.384 e. The molecular weight excluding hydrogens is 288 g/mol. The van der Waals surface area contributed by atoms with Crippen molar-refractivity contribution >= 4 is 17.3 Å². The van der Waals surface area contributed by atoms with Gasteiger partial charge in [-0.2, -0.15) is 0 Å². The molecule has 2 heterocycles. The van der Waals surface area contributed by atoms with Gasteiger partial charge in [0.2, 0.25) is 5.91 Å². The molecule has 23 heavy (non-hydrogen) atoms. The van der Waals surface area contributed by atoms with Gasteiger partial charge in [0.05, 0.1) is 0 Å². The van der Waals surface area contributed by atoms with Crippen LogP contribution in [0, 0.1) is 0 Å². The number of nitrogens with two attached hydrogens (primary N) is 1. The predicted octanol–water partition coefficient (Wildman–Crippen LogP) is 2.04. The standard InChI is InChI=1S/C18H28N4O/c19-15-8-12-21(13-9-15)14-10-20-16-4-6-17(7-5-16)22-11-2-1-3-18(22)23/h4-7,15,20H,1-3,8-14,19H2. The van der Waals surface area contributed by atoms with Crippen molar-refractivity contribution in [3.8, 4) is 0 Å². The van der Waals surface area contributed by atoms with Crippen LogP contribution in [0.15, 0.2) is 24.3 Å². The summed E-state index contributed by atoms with van der Waals surface area (Å²) in [7, 11) is 0. The third-order valence-corrected chi connectivity index (χ3v) is 4.89. The van der Waals surface area contributed by atoms with Gasteiger partial charge in [-0.15, -0.1) is 0 Å². The first kappa shape index (κ1) is 16.3. The molecule has 1 aromatic carbocycles. The Morgan fingerprint density at radius 3 is 2.52 bits per heavy atom. The fraction of sp³-hybridized carbons (Fsp3) is 0.611. The number of likely N-dealkylation sites (tertiary alicyclic amines) is 1. The summed E-state index contributed by atoms with van der Waals surface area (Å²) in [4.78, 5) is 16.3. The maximum Gasteiger partial charge on any atom is 0.226 e. The van der Waals surface area contributed by atoms with Crippen LogP contribution in [0.5, 0.6) is 0 Å². The second-order valence-corrected chi connectivity index (χ2v) is 6.66. The Hall–Kier alpha value is -1.59. The number of carbonyl (C=O) groups is 1. The molecule has 0 saturated carbocycles. The SMILES string of the molecule is NC1CCN(CCNc2ccc(N3CCCCC3=O)cc2)CC1. The Balaban J connectivity index is 1.45. The number of nitrogens with one attached hydrogen (secondary N) is 1. The van der Waals surface area contributed by atoms with Gasteiger partial charge < -0.3 is 20.9 Å². The van der Waals surface area contributed by atoms with E-state index in [1.54, 1.807) is 0 Å². The first-order valence-corrected chi connectivity index (χ1v) is 8.84. The van der Waals surface area contributed by atoms with Gasteiger partial charge in [-0.05, 0) is 63.0 Å². The van der Waals surface area contributed by atoms with Gasteiger partial charge in [-0.1, -0.05) is 0 Å². The number of piperidine rings is 2. The topological polar surface area (TPSA) is 61.6 Å². The monoisotopic (exact) mass is 316 g/mol. The van der Waals surface area contributed by atoms with Gasteiger partial charge in [-0.3, -0.25) is 4.79 Å². The van der Waals surface area contributed by atoms with E-state index in [1.807, 2.05) is 17.0 Å². The Kier molecular flexibility index (Phi) is 5.51. The molecule has 0 spiro atoms. The number of rotatable bonds is 5. The molecule has 2 aliphatic heterocycles. The summed E-state index contributed by atoms with van der Waals surface area (Å²) in [5, 5.41) is 3.47. The van der Waals surface area contributed by atoms with E-state index in [4.69, 9.17) is 5.73 Å². The molecule has 0 bridgehead atoms. The average Bonchev–Trinajstić information content (AvgIpc) is 2.58. The molecule has 3 rings (SSSR count). The fourth-order valence-corrected chi connectivity index (χ4v) is 3.37. The zero-order valence-electron chi connectivity index (χ0n) is 13.8. The third kappa shape index (κ3) is 4.45. The molecule has 5 nitrogen and oxygen atoms in total. The van der Waals surface area contributed by atoms with E-state index in [9.17, 15) is 4.79 Å². The summed E-state index contributed by atoms with van der Waals surface area (Å²) in [6.45, 7) is 5.07. The lowest BCUT2D eigenvalue weighted by molar-refractivity contribution is -0.119. The van der Waals surface area contributed by atoms with Crippen molar-refractivity contribution in [3.63, 3.8) is 0 Å². The zero-order chi connectivity index (χ0) is 16.1. The van der Waals surface area contributed by atoms with E-state index >= 15 is 0 Å². The smallest absolute Gasteiger partial charge is 0.226 e.